The standard InChI is InChI=1S/C15H19N3O/c1-9-6-7-13(19-5)12(8-9)14-10(2)11(3)15(16-4)18-17-14/h6-8H,1-5H3,(H,16,18). The van der Waals surface area contributed by atoms with Crippen LogP contribution in [-0.4, -0.2) is 24.4 Å². The van der Waals surface area contributed by atoms with Crippen LogP contribution in [0.5, 0.6) is 5.75 Å². The molecular formula is C15H19N3O. The molecule has 1 heterocycles. The van der Waals surface area contributed by atoms with Crippen LogP contribution in [0.25, 0.3) is 11.3 Å². The minimum absolute atomic E-state index is 0.813. The highest BCUT2D eigenvalue weighted by Crippen LogP contribution is 2.33. The molecule has 1 aromatic heterocycles. The van der Waals surface area contributed by atoms with Crippen molar-refractivity contribution in [2.75, 3.05) is 19.5 Å². The number of anilines is 1. The molecule has 2 aromatic rings. The van der Waals surface area contributed by atoms with Gasteiger partial charge in [-0.2, -0.15) is 0 Å². The van der Waals surface area contributed by atoms with Crippen molar-refractivity contribution in [1.29, 1.82) is 0 Å². The molecule has 0 unspecified atom stereocenters. The van der Waals surface area contributed by atoms with Crippen molar-refractivity contribution in [1.82, 2.24) is 10.2 Å². The average Bonchev–Trinajstić information content (AvgIpc) is 2.42. The van der Waals surface area contributed by atoms with Crippen LogP contribution in [0.1, 0.15) is 16.7 Å². The molecule has 0 saturated heterocycles. The Kier molecular flexibility index (Phi) is 3.69. The lowest BCUT2D eigenvalue weighted by atomic mass is 10.0. The number of hydrogen-bond donors (Lipinski definition) is 1. The van der Waals surface area contributed by atoms with Gasteiger partial charge in [0.15, 0.2) is 5.82 Å². The summed E-state index contributed by atoms with van der Waals surface area (Å²) in [7, 11) is 3.52. The lowest BCUT2D eigenvalue weighted by molar-refractivity contribution is 0.416. The van der Waals surface area contributed by atoms with Crippen LogP contribution in [0, 0.1) is 20.8 Å². The minimum atomic E-state index is 0.813. The van der Waals surface area contributed by atoms with E-state index in [-0.39, 0.29) is 0 Å². The number of benzene rings is 1. The third-order valence-corrected chi connectivity index (χ3v) is 3.37. The fraction of sp³-hybridized carbons (Fsp3) is 0.333. The van der Waals surface area contributed by atoms with Gasteiger partial charge in [-0.1, -0.05) is 11.6 Å². The largest absolute Gasteiger partial charge is 0.496 e. The predicted octanol–water partition coefficient (Wildman–Crippen LogP) is 3.12. The first-order valence-electron chi connectivity index (χ1n) is 6.25. The first-order valence-corrected chi connectivity index (χ1v) is 6.25. The average molecular weight is 257 g/mol. The third kappa shape index (κ3) is 2.38. The predicted molar refractivity (Wildman–Crippen MR) is 77.8 cm³/mol. The van der Waals surface area contributed by atoms with Crippen LogP contribution < -0.4 is 10.1 Å². The monoisotopic (exact) mass is 257 g/mol. The van der Waals surface area contributed by atoms with E-state index in [0.29, 0.717) is 0 Å². The summed E-state index contributed by atoms with van der Waals surface area (Å²) >= 11 is 0. The highest BCUT2D eigenvalue weighted by molar-refractivity contribution is 5.72. The molecule has 0 radical (unpaired) electrons. The summed E-state index contributed by atoms with van der Waals surface area (Å²) < 4.78 is 5.42. The Balaban J connectivity index is 2.65. The van der Waals surface area contributed by atoms with Crippen LogP contribution in [0.4, 0.5) is 5.82 Å². The zero-order valence-electron chi connectivity index (χ0n) is 12.0. The Hall–Kier alpha value is -2.10. The Bertz CT molecular complexity index is 609. The topological polar surface area (TPSA) is 47.0 Å². The summed E-state index contributed by atoms with van der Waals surface area (Å²) in [5, 5.41) is 11.6. The van der Waals surface area contributed by atoms with Crippen LogP contribution in [0.2, 0.25) is 0 Å². The number of nitrogens with one attached hydrogen (secondary N) is 1. The minimum Gasteiger partial charge on any atom is -0.496 e. The molecule has 4 nitrogen and oxygen atoms in total. The summed E-state index contributed by atoms with van der Waals surface area (Å²) in [6.45, 7) is 6.16. The molecule has 0 bridgehead atoms. The van der Waals surface area contributed by atoms with Crippen molar-refractivity contribution in [3.8, 4) is 17.0 Å². The second kappa shape index (κ2) is 5.26. The highest BCUT2D eigenvalue weighted by Gasteiger charge is 2.14. The SMILES string of the molecule is CNc1nnc(-c2cc(C)ccc2OC)c(C)c1C. The number of hydrogen-bond acceptors (Lipinski definition) is 4. The Morgan fingerprint density at radius 2 is 1.79 bits per heavy atom. The normalized spacial score (nSPS) is 10.4. The summed E-state index contributed by atoms with van der Waals surface area (Å²) in [6.07, 6.45) is 0. The van der Waals surface area contributed by atoms with Gasteiger partial charge < -0.3 is 10.1 Å². The molecule has 0 aliphatic heterocycles. The van der Waals surface area contributed by atoms with Gasteiger partial charge in [0.25, 0.3) is 0 Å². The molecule has 0 spiro atoms. The third-order valence-electron chi connectivity index (χ3n) is 3.37. The van der Waals surface area contributed by atoms with Crippen LogP contribution >= 0.6 is 0 Å². The molecule has 2 rings (SSSR count). The van der Waals surface area contributed by atoms with E-state index in [2.05, 4.69) is 35.4 Å². The molecule has 19 heavy (non-hydrogen) atoms. The van der Waals surface area contributed by atoms with E-state index < -0.39 is 0 Å². The van der Waals surface area contributed by atoms with Crippen molar-refractivity contribution < 1.29 is 4.74 Å². The van der Waals surface area contributed by atoms with Crippen LogP contribution in [0.3, 0.4) is 0 Å². The van der Waals surface area contributed by atoms with Crippen molar-refractivity contribution in [2.45, 2.75) is 20.8 Å². The van der Waals surface area contributed by atoms with Gasteiger partial charge in [-0.3, -0.25) is 0 Å². The first-order chi connectivity index (χ1) is 9.08. The number of nitrogens with zero attached hydrogens (tertiary/aromatic N) is 2. The molecule has 0 aliphatic carbocycles. The van der Waals surface area contributed by atoms with E-state index in [9.17, 15) is 0 Å². The molecule has 0 saturated carbocycles. The molecule has 0 fully saturated rings. The lowest BCUT2D eigenvalue weighted by Gasteiger charge is -2.13. The summed E-state index contributed by atoms with van der Waals surface area (Å²) in [5.74, 6) is 1.63. The quantitative estimate of drug-likeness (QED) is 0.917. The van der Waals surface area contributed by atoms with Crippen molar-refractivity contribution in [3.05, 3.63) is 34.9 Å². The highest BCUT2D eigenvalue weighted by atomic mass is 16.5. The number of ether oxygens (including phenoxy) is 1. The Morgan fingerprint density at radius 3 is 2.42 bits per heavy atom. The van der Waals surface area contributed by atoms with E-state index >= 15 is 0 Å². The fourth-order valence-electron chi connectivity index (χ4n) is 2.11. The van der Waals surface area contributed by atoms with E-state index in [4.69, 9.17) is 4.74 Å². The molecule has 0 amide bonds. The summed E-state index contributed by atoms with van der Waals surface area (Å²) in [4.78, 5) is 0. The molecule has 1 N–H and O–H groups in total. The van der Waals surface area contributed by atoms with Crippen molar-refractivity contribution in [2.24, 2.45) is 0 Å². The van der Waals surface area contributed by atoms with Crippen LogP contribution in [-0.2, 0) is 0 Å². The molecule has 4 heteroatoms. The summed E-state index contributed by atoms with van der Waals surface area (Å²) in [6, 6.07) is 6.07. The Morgan fingerprint density at radius 1 is 1.05 bits per heavy atom. The van der Waals surface area contributed by atoms with Gasteiger partial charge in [0.2, 0.25) is 0 Å². The maximum Gasteiger partial charge on any atom is 0.151 e. The van der Waals surface area contributed by atoms with E-state index in [1.165, 1.54) is 5.56 Å². The van der Waals surface area contributed by atoms with Gasteiger partial charge in [0.05, 0.1) is 12.8 Å². The smallest absolute Gasteiger partial charge is 0.151 e. The van der Waals surface area contributed by atoms with Crippen molar-refractivity contribution in [3.63, 3.8) is 0 Å². The first kappa shape index (κ1) is 13.3. The van der Waals surface area contributed by atoms with Gasteiger partial charge in [0.1, 0.15) is 5.75 Å². The maximum atomic E-state index is 5.42. The molecule has 100 valence electrons. The second-order valence-electron chi connectivity index (χ2n) is 4.60. The second-order valence-corrected chi connectivity index (χ2v) is 4.60. The fourth-order valence-corrected chi connectivity index (χ4v) is 2.11. The zero-order chi connectivity index (χ0) is 14.0. The van der Waals surface area contributed by atoms with Gasteiger partial charge >= 0.3 is 0 Å². The molecule has 0 aliphatic rings. The van der Waals surface area contributed by atoms with E-state index in [0.717, 1.165) is 34.0 Å². The number of aryl methyl sites for hydroxylation is 1. The summed E-state index contributed by atoms with van der Waals surface area (Å²) in [5.41, 5.74) is 5.25. The van der Waals surface area contributed by atoms with E-state index in [1.807, 2.05) is 26.1 Å². The Labute approximate surface area is 113 Å². The van der Waals surface area contributed by atoms with E-state index in [1.54, 1.807) is 7.11 Å². The van der Waals surface area contributed by atoms with Gasteiger partial charge in [0, 0.05) is 12.6 Å². The lowest BCUT2D eigenvalue weighted by Crippen LogP contribution is -2.03. The number of rotatable bonds is 3. The number of methoxy groups -OCH3 is 1. The number of aromatic nitrogens is 2. The molecular weight excluding hydrogens is 238 g/mol. The van der Waals surface area contributed by atoms with Crippen LogP contribution in [0.15, 0.2) is 18.2 Å². The maximum absolute atomic E-state index is 5.42. The van der Waals surface area contributed by atoms with Gasteiger partial charge in [-0.25, -0.2) is 0 Å². The van der Waals surface area contributed by atoms with Gasteiger partial charge in [-0.05, 0) is 44.0 Å². The zero-order valence-corrected chi connectivity index (χ0v) is 12.0. The molecule has 0 atom stereocenters. The molecule has 1 aromatic carbocycles. The van der Waals surface area contributed by atoms with Gasteiger partial charge in [-0.15, -0.1) is 10.2 Å². The van der Waals surface area contributed by atoms with Crippen molar-refractivity contribution >= 4 is 5.82 Å².